The molecule has 12 rings (SSSR count). The van der Waals surface area contributed by atoms with Crippen LogP contribution in [-0.2, 0) is 0 Å². The number of thiophene rings is 1. The normalized spacial score (nSPS) is 11.6. The second-order valence-corrected chi connectivity index (χ2v) is 16.7. The number of furan rings is 1. The van der Waals surface area contributed by atoms with E-state index >= 15 is 0 Å². The van der Waals surface area contributed by atoms with Crippen molar-refractivity contribution >= 4 is 81.3 Å². The van der Waals surface area contributed by atoms with E-state index in [0.29, 0.717) is 0 Å². The average molecular weight is 796 g/mol. The van der Waals surface area contributed by atoms with Gasteiger partial charge in [-0.3, -0.25) is 0 Å². The van der Waals surface area contributed by atoms with Crippen LogP contribution in [0.5, 0.6) is 0 Å². The van der Waals surface area contributed by atoms with E-state index in [1.807, 2.05) is 11.3 Å². The van der Waals surface area contributed by atoms with Gasteiger partial charge in [-0.2, -0.15) is 0 Å². The SMILES string of the molecule is c1ccc(-c2ccc3c(c2)oc2ccc(N(c4ccc(-c5cccc(-c6ccc7ccccc7c6)c5)cc4)c4ccc(-c5ccccc5)c5sc6ccccc6c45)cc23)cc1. The molecule has 0 saturated heterocycles. The molecule has 3 heteroatoms. The molecule has 286 valence electrons. The van der Waals surface area contributed by atoms with Crippen molar-refractivity contribution in [3.05, 3.63) is 224 Å². The van der Waals surface area contributed by atoms with Gasteiger partial charge in [-0.25, -0.2) is 0 Å². The lowest BCUT2D eigenvalue weighted by Crippen LogP contribution is -2.10. The molecule has 0 amide bonds. The maximum absolute atomic E-state index is 6.55. The highest BCUT2D eigenvalue weighted by Gasteiger charge is 2.22. The van der Waals surface area contributed by atoms with Gasteiger partial charge in [-0.05, 0) is 122 Å². The second-order valence-electron chi connectivity index (χ2n) is 15.7. The largest absolute Gasteiger partial charge is 0.456 e. The third-order valence-electron chi connectivity index (χ3n) is 12.1. The first-order chi connectivity index (χ1) is 30.2. The number of hydrogen-bond acceptors (Lipinski definition) is 3. The Morgan fingerprint density at radius 2 is 0.967 bits per heavy atom. The van der Waals surface area contributed by atoms with E-state index in [1.165, 1.54) is 69.9 Å². The lowest BCUT2D eigenvalue weighted by Gasteiger charge is -2.27. The van der Waals surface area contributed by atoms with Gasteiger partial charge in [0.05, 0.1) is 5.69 Å². The molecular formula is C58H37NOS. The fraction of sp³-hybridized carbons (Fsp3) is 0. The van der Waals surface area contributed by atoms with Crippen molar-refractivity contribution in [2.75, 3.05) is 4.90 Å². The topological polar surface area (TPSA) is 16.4 Å². The smallest absolute Gasteiger partial charge is 0.136 e. The predicted molar refractivity (Wildman–Crippen MR) is 261 cm³/mol. The van der Waals surface area contributed by atoms with Crippen LogP contribution in [0.15, 0.2) is 229 Å². The number of anilines is 3. The summed E-state index contributed by atoms with van der Waals surface area (Å²) in [6.45, 7) is 0. The number of hydrogen-bond donors (Lipinski definition) is 0. The van der Waals surface area contributed by atoms with Crippen molar-refractivity contribution in [1.82, 2.24) is 0 Å². The Morgan fingerprint density at radius 1 is 0.344 bits per heavy atom. The molecule has 2 nitrogen and oxygen atoms in total. The van der Waals surface area contributed by atoms with Gasteiger partial charge in [0.25, 0.3) is 0 Å². The summed E-state index contributed by atoms with van der Waals surface area (Å²) < 4.78 is 9.10. The number of benzene rings is 10. The molecule has 61 heavy (non-hydrogen) atoms. The second kappa shape index (κ2) is 14.5. The summed E-state index contributed by atoms with van der Waals surface area (Å²) in [6.07, 6.45) is 0. The van der Waals surface area contributed by atoms with Gasteiger partial charge in [0, 0.05) is 42.3 Å². The van der Waals surface area contributed by atoms with Gasteiger partial charge in [0.1, 0.15) is 11.2 Å². The molecule has 0 N–H and O–H groups in total. The third-order valence-corrected chi connectivity index (χ3v) is 13.3. The van der Waals surface area contributed by atoms with Gasteiger partial charge < -0.3 is 9.32 Å². The lowest BCUT2D eigenvalue weighted by molar-refractivity contribution is 0.669. The van der Waals surface area contributed by atoms with Crippen LogP contribution in [0.2, 0.25) is 0 Å². The fourth-order valence-corrected chi connectivity index (χ4v) is 10.3. The zero-order chi connectivity index (χ0) is 40.3. The Kier molecular flexibility index (Phi) is 8.39. The number of rotatable bonds is 7. The average Bonchev–Trinajstić information content (AvgIpc) is 3.91. The van der Waals surface area contributed by atoms with Crippen LogP contribution in [-0.4, -0.2) is 0 Å². The monoisotopic (exact) mass is 795 g/mol. The first kappa shape index (κ1) is 35.2. The van der Waals surface area contributed by atoms with Crippen molar-refractivity contribution < 1.29 is 4.42 Å². The number of fused-ring (bicyclic) bond motifs is 7. The van der Waals surface area contributed by atoms with E-state index in [9.17, 15) is 0 Å². The summed E-state index contributed by atoms with van der Waals surface area (Å²) in [5.41, 5.74) is 14.6. The lowest BCUT2D eigenvalue weighted by atomic mass is 9.97. The van der Waals surface area contributed by atoms with E-state index in [2.05, 4.69) is 229 Å². The molecule has 10 aromatic carbocycles. The van der Waals surface area contributed by atoms with Crippen LogP contribution in [0.25, 0.3) is 97.4 Å². The summed E-state index contributed by atoms with van der Waals surface area (Å²) >= 11 is 1.87. The Balaban J connectivity index is 1.02. The quantitative estimate of drug-likeness (QED) is 0.160. The van der Waals surface area contributed by atoms with Crippen LogP contribution < -0.4 is 4.90 Å². The molecule has 12 aromatic rings. The highest BCUT2D eigenvalue weighted by molar-refractivity contribution is 7.26. The van der Waals surface area contributed by atoms with Crippen LogP contribution in [0.3, 0.4) is 0 Å². The van der Waals surface area contributed by atoms with Crippen LogP contribution in [0.1, 0.15) is 0 Å². The third kappa shape index (κ3) is 6.18. The van der Waals surface area contributed by atoms with E-state index < -0.39 is 0 Å². The molecule has 2 heterocycles. The van der Waals surface area contributed by atoms with E-state index in [-0.39, 0.29) is 0 Å². The first-order valence-corrected chi connectivity index (χ1v) is 21.5. The Bertz CT molecular complexity index is 3580. The van der Waals surface area contributed by atoms with Crippen molar-refractivity contribution in [1.29, 1.82) is 0 Å². The van der Waals surface area contributed by atoms with E-state index in [4.69, 9.17) is 4.42 Å². The molecule has 0 spiro atoms. The number of nitrogens with zero attached hydrogens (tertiary/aromatic N) is 1. The molecule has 0 aliphatic rings. The standard InChI is InChI=1S/C58H37NOS/c1-3-12-38(13-4-1)46-26-30-50-52-37-48(29-33-54(52)60-55(50)36-46)59(53-32-31-49(41-15-5-2-6-16-41)58-57(53)51-20-9-10-21-56(51)61-58)47-27-24-40(25-28-47)43-18-11-19-44(34-43)45-23-22-39-14-7-8-17-42(39)35-45/h1-37H. The van der Waals surface area contributed by atoms with E-state index in [0.717, 1.165) is 44.6 Å². The van der Waals surface area contributed by atoms with Gasteiger partial charge in [-0.15, -0.1) is 11.3 Å². The highest BCUT2D eigenvalue weighted by atomic mass is 32.1. The summed E-state index contributed by atoms with van der Waals surface area (Å²) in [6, 6.07) is 81.2. The van der Waals surface area contributed by atoms with Crippen molar-refractivity contribution in [3.63, 3.8) is 0 Å². The van der Waals surface area contributed by atoms with Crippen LogP contribution in [0.4, 0.5) is 17.1 Å². The molecule has 0 unspecified atom stereocenters. The predicted octanol–water partition coefficient (Wildman–Crippen LogP) is 17.2. The molecular weight excluding hydrogens is 759 g/mol. The van der Waals surface area contributed by atoms with Crippen molar-refractivity contribution in [2.45, 2.75) is 0 Å². The van der Waals surface area contributed by atoms with Gasteiger partial charge in [-0.1, -0.05) is 158 Å². The molecule has 2 aromatic heterocycles. The molecule has 0 bridgehead atoms. The molecule has 0 radical (unpaired) electrons. The zero-order valence-corrected chi connectivity index (χ0v) is 33.9. The molecule has 0 atom stereocenters. The zero-order valence-electron chi connectivity index (χ0n) is 33.1. The van der Waals surface area contributed by atoms with Crippen LogP contribution >= 0.6 is 11.3 Å². The summed E-state index contributed by atoms with van der Waals surface area (Å²) in [4.78, 5) is 2.43. The molecule has 0 aliphatic heterocycles. The minimum atomic E-state index is 0.871. The molecule has 0 saturated carbocycles. The van der Waals surface area contributed by atoms with Gasteiger partial charge in [0.15, 0.2) is 0 Å². The molecule has 0 fully saturated rings. The molecule has 0 aliphatic carbocycles. The Labute approximate surface area is 357 Å². The summed E-state index contributed by atoms with van der Waals surface area (Å²) in [5.74, 6) is 0. The Morgan fingerprint density at radius 3 is 1.80 bits per heavy atom. The summed E-state index contributed by atoms with van der Waals surface area (Å²) in [5, 5.41) is 7.19. The minimum Gasteiger partial charge on any atom is -0.456 e. The van der Waals surface area contributed by atoms with Gasteiger partial charge >= 0.3 is 0 Å². The first-order valence-electron chi connectivity index (χ1n) is 20.7. The Hall–Kier alpha value is -7.72. The fourth-order valence-electron chi connectivity index (χ4n) is 9.03. The summed E-state index contributed by atoms with van der Waals surface area (Å²) in [7, 11) is 0. The van der Waals surface area contributed by atoms with Crippen LogP contribution in [0, 0.1) is 0 Å². The maximum atomic E-state index is 6.55. The van der Waals surface area contributed by atoms with Crippen molar-refractivity contribution in [3.8, 4) is 44.5 Å². The highest BCUT2D eigenvalue weighted by Crippen LogP contribution is 2.49. The van der Waals surface area contributed by atoms with Crippen molar-refractivity contribution in [2.24, 2.45) is 0 Å². The van der Waals surface area contributed by atoms with E-state index in [1.54, 1.807) is 0 Å². The van der Waals surface area contributed by atoms with Gasteiger partial charge in [0.2, 0.25) is 0 Å². The minimum absolute atomic E-state index is 0.871. The maximum Gasteiger partial charge on any atom is 0.136 e.